The van der Waals surface area contributed by atoms with E-state index in [0.717, 1.165) is 0 Å². The number of aromatic nitrogens is 2. The van der Waals surface area contributed by atoms with E-state index in [2.05, 4.69) is 15.5 Å². The standard InChI is InChI=1S/C10H6ClIN4O3/c11-5-1-2-7(8(3-5)16(18)19)14-10(17)9-6(12)4-13-15-9/h1-4H,(H,13,15)(H,14,17). The molecule has 0 fully saturated rings. The summed E-state index contributed by atoms with van der Waals surface area (Å²) < 4.78 is 0.617. The van der Waals surface area contributed by atoms with Crippen molar-refractivity contribution in [3.8, 4) is 0 Å². The van der Waals surface area contributed by atoms with Gasteiger partial charge in [-0.2, -0.15) is 5.10 Å². The molecule has 2 aromatic rings. The Bertz CT molecular complexity index is 658. The highest BCUT2D eigenvalue weighted by Gasteiger charge is 2.19. The molecule has 0 aliphatic rings. The van der Waals surface area contributed by atoms with Crippen LogP contribution in [0.1, 0.15) is 10.5 Å². The Morgan fingerprint density at radius 1 is 1.53 bits per heavy atom. The van der Waals surface area contributed by atoms with Gasteiger partial charge in [-0.05, 0) is 34.7 Å². The Kier molecular flexibility index (Phi) is 4.00. The number of carbonyl (C=O) groups is 1. The molecule has 1 aromatic heterocycles. The average molecular weight is 393 g/mol. The number of carbonyl (C=O) groups excluding carboxylic acids is 1. The van der Waals surface area contributed by atoms with Crippen LogP contribution in [0.25, 0.3) is 0 Å². The van der Waals surface area contributed by atoms with Crippen LogP contribution in [0.5, 0.6) is 0 Å². The van der Waals surface area contributed by atoms with Gasteiger partial charge in [-0.15, -0.1) is 0 Å². The predicted octanol–water partition coefficient (Wildman–Crippen LogP) is 2.83. The average Bonchev–Trinajstić information content (AvgIpc) is 2.77. The first-order valence-corrected chi connectivity index (χ1v) is 6.39. The third kappa shape index (κ3) is 3.01. The molecule has 0 aliphatic carbocycles. The summed E-state index contributed by atoms with van der Waals surface area (Å²) in [7, 11) is 0. The second kappa shape index (κ2) is 5.53. The summed E-state index contributed by atoms with van der Waals surface area (Å²) >= 11 is 7.62. The van der Waals surface area contributed by atoms with Crippen molar-refractivity contribution in [3.05, 3.63) is 48.8 Å². The topological polar surface area (TPSA) is 101 Å². The van der Waals surface area contributed by atoms with Crippen LogP contribution >= 0.6 is 34.2 Å². The number of benzene rings is 1. The molecule has 2 N–H and O–H groups in total. The number of nitro benzene ring substituents is 1. The fourth-order valence-corrected chi connectivity index (χ4v) is 2.05. The Balaban J connectivity index is 2.32. The monoisotopic (exact) mass is 392 g/mol. The Labute approximate surface area is 125 Å². The molecule has 0 radical (unpaired) electrons. The van der Waals surface area contributed by atoms with E-state index in [1.807, 2.05) is 22.6 Å². The van der Waals surface area contributed by atoms with E-state index in [0.29, 0.717) is 3.57 Å². The first-order valence-electron chi connectivity index (χ1n) is 4.93. The third-order valence-corrected chi connectivity index (χ3v) is 3.28. The number of hydrogen-bond acceptors (Lipinski definition) is 4. The second-order valence-electron chi connectivity index (χ2n) is 3.47. The Hall–Kier alpha value is -1.68. The van der Waals surface area contributed by atoms with Gasteiger partial charge in [0.1, 0.15) is 11.4 Å². The van der Waals surface area contributed by atoms with Crippen molar-refractivity contribution >= 4 is 51.5 Å². The largest absolute Gasteiger partial charge is 0.315 e. The number of amides is 1. The molecule has 0 unspecified atom stereocenters. The number of nitrogens with one attached hydrogen (secondary N) is 2. The summed E-state index contributed by atoms with van der Waals surface area (Å²) in [5.74, 6) is -0.507. The zero-order chi connectivity index (χ0) is 14.0. The summed E-state index contributed by atoms with van der Waals surface area (Å²) in [5.41, 5.74) is 0.0463. The number of nitrogens with zero attached hydrogens (tertiary/aromatic N) is 2. The molecule has 1 aromatic carbocycles. The van der Waals surface area contributed by atoms with Crippen LogP contribution < -0.4 is 5.32 Å². The molecule has 0 saturated carbocycles. The quantitative estimate of drug-likeness (QED) is 0.476. The Morgan fingerprint density at radius 3 is 2.84 bits per heavy atom. The van der Waals surface area contributed by atoms with Crippen molar-refractivity contribution in [3.63, 3.8) is 0 Å². The smallest absolute Gasteiger partial charge is 0.294 e. The molecule has 1 heterocycles. The number of hydrogen-bond donors (Lipinski definition) is 2. The zero-order valence-electron chi connectivity index (χ0n) is 9.18. The first-order chi connectivity index (χ1) is 8.99. The maximum Gasteiger partial charge on any atom is 0.294 e. The minimum atomic E-state index is -0.612. The number of H-pyrrole nitrogens is 1. The SMILES string of the molecule is O=C(Nc1ccc(Cl)cc1[N+](=O)[O-])c1[nH]ncc1I. The minimum absolute atomic E-state index is 0.0739. The van der Waals surface area contributed by atoms with Gasteiger partial charge in [0.05, 0.1) is 14.7 Å². The number of aromatic amines is 1. The maximum absolute atomic E-state index is 11.9. The molecule has 0 bridgehead atoms. The van der Waals surface area contributed by atoms with Crippen molar-refractivity contribution in [2.75, 3.05) is 5.32 Å². The van der Waals surface area contributed by atoms with Gasteiger partial charge in [0.15, 0.2) is 0 Å². The van der Waals surface area contributed by atoms with Gasteiger partial charge in [0, 0.05) is 11.1 Å². The van der Waals surface area contributed by atoms with Crippen LogP contribution in [0.3, 0.4) is 0 Å². The molecule has 98 valence electrons. The number of rotatable bonds is 3. The highest BCUT2D eigenvalue weighted by molar-refractivity contribution is 14.1. The molecular formula is C10H6ClIN4O3. The highest BCUT2D eigenvalue weighted by Crippen LogP contribution is 2.28. The van der Waals surface area contributed by atoms with E-state index in [9.17, 15) is 14.9 Å². The van der Waals surface area contributed by atoms with E-state index < -0.39 is 10.8 Å². The van der Waals surface area contributed by atoms with Crippen LogP contribution in [-0.4, -0.2) is 21.0 Å². The van der Waals surface area contributed by atoms with E-state index in [-0.39, 0.29) is 22.1 Å². The summed E-state index contributed by atoms with van der Waals surface area (Å²) in [5, 5.41) is 19.8. The summed E-state index contributed by atoms with van der Waals surface area (Å²) in [6.07, 6.45) is 1.48. The van der Waals surface area contributed by atoms with Gasteiger partial charge < -0.3 is 5.32 Å². The van der Waals surface area contributed by atoms with Gasteiger partial charge in [0.25, 0.3) is 11.6 Å². The fourth-order valence-electron chi connectivity index (χ4n) is 1.38. The number of halogens is 2. The molecular weight excluding hydrogens is 386 g/mol. The lowest BCUT2D eigenvalue weighted by Crippen LogP contribution is -2.14. The summed E-state index contributed by atoms with van der Waals surface area (Å²) in [6.45, 7) is 0. The fraction of sp³-hybridized carbons (Fsp3) is 0. The van der Waals surface area contributed by atoms with Gasteiger partial charge in [0.2, 0.25) is 0 Å². The van der Waals surface area contributed by atoms with E-state index in [1.54, 1.807) is 0 Å². The molecule has 2 rings (SSSR count). The number of nitro groups is 1. The first kappa shape index (κ1) is 13.7. The normalized spacial score (nSPS) is 10.2. The molecule has 0 spiro atoms. The highest BCUT2D eigenvalue weighted by atomic mass is 127. The van der Waals surface area contributed by atoms with Gasteiger partial charge in [-0.1, -0.05) is 11.6 Å². The lowest BCUT2D eigenvalue weighted by molar-refractivity contribution is -0.383. The van der Waals surface area contributed by atoms with Gasteiger partial charge in [-0.25, -0.2) is 0 Å². The second-order valence-corrected chi connectivity index (χ2v) is 5.06. The summed E-state index contributed by atoms with van der Waals surface area (Å²) in [4.78, 5) is 22.2. The Morgan fingerprint density at radius 2 is 2.26 bits per heavy atom. The van der Waals surface area contributed by atoms with Crippen molar-refractivity contribution in [1.29, 1.82) is 0 Å². The van der Waals surface area contributed by atoms with Crippen molar-refractivity contribution in [2.24, 2.45) is 0 Å². The molecule has 9 heteroatoms. The zero-order valence-corrected chi connectivity index (χ0v) is 12.1. The molecule has 7 nitrogen and oxygen atoms in total. The molecule has 1 amide bonds. The van der Waals surface area contributed by atoms with Crippen LogP contribution in [0.4, 0.5) is 11.4 Å². The molecule has 0 atom stereocenters. The van der Waals surface area contributed by atoms with Crippen molar-refractivity contribution in [1.82, 2.24) is 10.2 Å². The predicted molar refractivity (Wildman–Crippen MR) is 77.4 cm³/mol. The maximum atomic E-state index is 11.9. The van der Waals surface area contributed by atoms with Crippen LogP contribution in [0.15, 0.2) is 24.4 Å². The van der Waals surface area contributed by atoms with Crippen molar-refractivity contribution in [2.45, 2.75) is 0 Å². The third-order valence-electron chi connectivity index (χ3n) is 2.22. The van der Waals surface area contributed by atoms with Gasteiger partial charge in [-0.3, -0.25) is 20.0 Å². The molecule has 19 heavy (non-hydrogen) atoms. The van der Waals surface area contributed by atoms with Crippen molar-refractivity contribution < 1.29 is 9.72 Å². The van der Waals surface area contributed by atoms with E-state index in [4.69, 9.17) is 11.6 Å². The van der Waals surface area contributed by atoms with Crippen LogP contribution in [0.2, 0.25) is 5.02 Å². The van der Waals surface area contributed by atoms with Gasteiger partial charge >= 0.3 is 0 Å². The minimum Gasteiger partial charge on any atom is -0.315 e. The van der Waals surface area contributed by atoms with E-state index in [1.165, 1.54) is 24.4 Å². The van der Waals surface area contributed by atoms with Crippen LogP contribution in [0, 0.1) is 13.7 Å². The molecule has 0 saturated heterocycles. The molecule has 0 aliphatic heterocycles. The van der Waals surface area contributed by atoms with Crippen LogP contribution in [-0.2, 0) is 0 Å². The lowest BCUT2D eigenvalue weighted by Gasteiger charge is -2.05. The van der Waals surface area contributed by atoms with E-state index >= 15 is 0 Å². The number of anilines is 1. The summed E-state index contributed by atoms with van der Waals surface area (Å²) in [6, 6.07) is 4.01. The lowest BCUT2D eigenvalue weighted by atomic mass is 10.2.